The second-order valence-corrected chi connectivity index (χ2v) is 7.35. The molecule has 0 atom stereocenters. The van der Waals surface area contributed by atoms with Gasteiger partial charge in [-0.05, 0) is 50.8 Å². The average Bonchev–Trinajstić information content (AvgIpc) is 2.58. The molecule has 4 nitrogen and oxygen atoms in total. The van der Waals surface area contributed by atoms with Crippen LogP contribution in [0.4, 0.5) is 0 Å². The molecule has 142 valence electrons. The Morgan fingerprint density at radius 2 is 1.84 bits per heavy atom. The van der Waals surface area contributed by atoms with Crippen LogP contribution in [0.3, 0.4) is 0 Å². The highest BCUT2D eigenvalue weighted by Crippen LogP contribution is 2.16. The summed E-state index contributed by atoms with van der Waals surface area (Å²) in [4.78, 5) is 9.26. The molecule has 25 heavy (non-hydrogen) atoms. The summed E-state index contributed by atoms with van der Waals surface area (Å²) in [6, 6.07) is 9.27. The molecule has 1 fully saturated rings. The summed E-state index contributed by atoms with van der Waals surface area (Å²) in [5, 5.41) is 3.57. The summed E-state index contributed by atoms with van der Waals surface area (Å²) in [6.07, 6.45) is 2.52. The summed E-state index contributed by atoms with van der Waals surface area (Å²) in [7, 11) is 4.07. The maximum atomic E-state index is 4.49. The van der Waals surface area contributed by atoms with Crippen LogP contribution in [0.25, 0.3) is 0 Å². The number of rotatable bonds is 5. The van der Waals surface area contributed by atoms with Crippen molar-refractivity contribution >= 4 is 29.9 Å². The fraction of sp³-hybridized carbons (Fsp3) is 0.650. The lowest BCUT2D eigenvalue weighted by atomic mass is 9.99. The normalized spacial score (nSPS) is 16.3. The van der Waals surface area contributed by atoms with Crippen LogP contribution < -0.4 is 5.32 Å². The maximum Gasteiger partial charge on any atom is 0.193 e. The van der Waals surface area contributed by atoms with Crippen LogP contribution in [0.2, 0.25) is 0 Å². The van der Waals surface area contributed by atoms with E-state index in [0.717, 1.165) is 38.1 Å². The standard InChI is InChI=1S/C20H34N4.HI/c1-16(2)23(5)15-19-9-7-6-8-18(19)14-22-20(21-4)24-12-10-17(3)11-13-24;/h6-9,16-17H,10-15H2,1-5H3,(H,21,22);1H. The van der Waals surface area contributed by atoms with Crippen LogP contribution in [-0.4, -0.2) is 49.0 Å². The van der Waals surface area contributed by atoms with Crippen LogP contribution in [0, 0.1) is 5.92 Å². The van der Waals surface area contributed by atoms with Gasteiger partial charge in [-0.25, -0.2) is 0 Å². The molecule has 2 rings (SSSR count). The van der Waals surface area contributed by atoms with Gasteiger partial charge < -0.3 is 10.2 Å². The number of piperidine rings is 1. The van der Waals surface area contributed by atoms with Gasteiger partial charge in [0.25, 0.3) is 0 Å². The molecule has 0 aromatic heterocycles. The van der Waals surface area contributed by atoms with Gasteiger partial charge in [-0.15, -0.1) is 24.0 Å². The average molecular weight is 458 g/mol. The molecule has 0 radical (unpaired) electrons. The van der Waals surface area contributed by atoms with Crippen LogP contribution in [0.5, 0.6) is 0 Å². The number of likely N-dealkylation sites (tertiary alicyclic amines) is 1. The lowest BCUT2D eigenvalue weighted by Crippen LogP contribution is -2.45. The third kappa shape index (κ3) is 6.77. The zero-order chi connectivity index (χ0) is 17.5. The van der Waals surface area contributed by atoms with Gasteiger partial charge in [-0.1, -0.05) is 31.2 Å². The van der Waals surface area contributed by atoms with Crippen molar-refractivity contribution in [3.8, 4) is 0 Å². The second kappa shape index (κ2) is 11.0. The Morgan fingerprint density at radius 3 is 2.40 bits per heavy atom. The number of hydrogen-bond donors (Lipinski definition) is 1. The highest BCUT2D eigenvalue weighted by Gasteiger charge is 2.18. The van der Waals surface area contributed by atoms with Crippen LogP contribution in [0.1, 0.15) is 44.7 Å². The van der Waals surface area contributed by atoms with E-state index in [1.165, 1.54) is 24.0 Å². The van der Waals surface area contributed by atoms with E-state index in [9.17, 15) is 0 Å². The van der Waals surface area contributed by atoms with E-state index < -0.39 is 0 Å². The second-order valence-electron chi connectivity index (χ2n) is 7.35. The Labute approximate surface area is 171 Å². The zero-order valence-electron chi connectivity index (χ0n) is 16.5. The molecule has 1 aliphatic rings. The molecule has 0 aliphatic carbocycles. The molecule has 5 heteroatoms. The SMILES string of the molecule is CN=C(NCc1ccccc1CN(C)C(C)C)N1CCC(C)CC1.I. The quantitative estimate of drug-likeness (QED) is 0.412. The third-order valence-corrected chi connectivity index (χ3v) is 5.15. The summed E-state index contributed by atoms with van der Waals surface area (Å²) in [5.74, 6) is 1.88. The van der Waals surface area contributed by atoms with E-state index in [2.05, 4.69) is 72.2 Å². The van der Waals surface area contributed by atoms with Gasteiger partial charge in [0.2, 0.25) is 0 Å². The van der Waals surface area contributed by atoms with Crippen LogP contribution in [0.15, 0.2) is 29.3 Å². The minimum Gasteiger partial charge on any atom is -0.352 e. The van der Waals surface area contributed by atoms with Crippen molar-refractivity contribution < 1.29 is 0 Å². The number of nitrogens with one attached hydrogen (secondary N) is 1. The van der Waals surface area contributed by atoms with Crippen molar-refractivity contribution in [2.45, 2.75) is 52.7 Å². The molecule has 1 aromatic carbocycles. The fourth-order valence-corrected chi connectivity index (χ4v) is 3.06. The molecule has 1 N–H and O–H groups in total. The highest BCUT2D eigenvalue weighted by molar-refractivity contribution is 14.0. The van der Waals surface area contributed by atoms with Crippen LogP contribution in [-0.2, 0) is 13.1 Å². The number of benzene rings is 1. The Morgan fingerprint density at radius 1 is 1.24 bits per heavy atom. The summed E-state index contributed by atoms with van der Waals surface area (Å²) in [6.45, 7) is 10.8. The maximum absolute atomic E-state index is 4.49. The summed E-state index contributed by atoms with van der Waals surface area (Å²) >= 11 is 0. The van der Waals surface area contributed by atoms with Gasteiger partial charge in [-0.3, -0.25) is 9.89 Å². The number of halogens is 1. The van der Waals surface area contributed by atoms with E-state index in [1.54, 1.807) is 0 Å². The minimum atomic E-state index is 0. The van der Waals surface area contributed by atoms with Gasteiger partial charge in [-0.2, -0.15) is 0 Å². The smallest absolute Gasteiger partial charge is 0.193 e. The molecule has 0 spiro atoms. The topological polar surface area (TPSA) is 30.9 Å². The van der Waals surface area contributed by atoms with Crippen molar-refractivity contribution in [3.05, 3.63) is 35.4 Å². The van der Waals surface area contributed by atoms with E-state index >= 15 is 0 Å². The van der Waals surface area contributed by atoms with E-state index in [4.69, 9.17) is 0 Å². The van der Waals surface area contributed by atoms with Crippen molar-refractivity contribution in [1.29, 1.82) is 0 Å². The van der Waals surface area contributed by atoms with Crippen molar-refractivity contribution in [1.82, 2.24) is 15.1 Å². The lowest BCUT2D eigenvalue weighted by Gasteiger charge is -2.33. The molecule has 0 saturated carbocycles. The molecule has 0 unspecified atom stereocenters. The Bertz CT molecular complexity index is 536. The Balaban J connectivity index is 0.00000312. The van der Waals surface area contributed by atoms with E-state index in [0.29, 0.717) is 6.04 Å². The molecule has 1 heterocycles. The summed E-state index contributed by atoms with van der Waals surface area (Å²) < 4.78 is 0. The minimum absolute atomic E-state index is 0. The Hall–Kier alpha value is -0.820. The first kappa shape index (κ1) is 22.2. The highest BCUT2D eigenvalue weighted by atomic mass is 127. The number of nitrogens with zero attached hydrogens (tertiary/aromatic N) is 3. The molecule has 1 aromatic rings. The fourth-order valence-electron chi connectivity index (χ4n) is 3.06. The number of hydrogen-bond acceptors (Lipinski definition) is 2. The largest absolute Gasteiger partial charge is 0.352 e. The predicted octanol–water partition coefficient (Wildman–Crippen LogP) is 3.95. The van der Waals surface area contributed by atoms with Crippen LogP contribution >= 0.6 is 24.0 Å². The first-order valence-corrected chi connectivity index (χ1v) is 9.24. The van der Waals surface area contributed by atoms with Crippen molar-refractivity contribution in [2.24, 2.45) is 10.9 Å². The molecular weight excluding hydrogens is 423 g/mol. The lowest BCUT2D eigenvalue weighted by molar-refractivity contribution is 0.264. The first-order chi connectivity index (χ1) is 11.5. The monoisotopic (exact) mass is 458 g/mol. The van der Waals surface area contributed by atoms with Gasteiger partial charge >= 0.3 is 0 Å². The Kier molecular flexibility index (Phi) is 9.79. The predicted molar refractivity (Wildman–Crippen MR) is 119 cm³/mol. The third-order valence-electron chi connectivity index (χ3n) is 5.15. The number of aliphatic imine (C=N–C) groups is 1. The van der Waals surface area contributed by atoms with Gasteiger partial charge in [0, 0.05) is 39.3 Å². The van der Waals surface area contributed by atoms with Gasteiger partial charge in [0.05, 0.1) is 0 Å². The van der Waals surface area contributed by atoms with Gasteiger partial charge in [0.15, 0.2) is 5.96 Å². The molecule has 0 bridgehead atoms. The van der Waals surface area contributed by atoms with E-state index in [1.807, 2.05) is 7.05 Å². The van der Waals surface area contributed by atoms with E-state index in [-0.39, 0.29) is 24.0 Å². The molecule has 1 aliphatic heterocycles. The van der Waals surface area contributed by atoms with Crippen molar-refractivity contribution in [3.63, 3.8) is 0 Å². The summed E-state index contributed by atoms with van der Waals surface area (Å²) in [5.41, 5.74) is 2.75. The van der Waals surface area contributed by atoms with Gasteiger partial charge in [0.1, 0.15) is 0 Å². The zero-order valence-corrected chi connectivity index (χ0v) is 18.8. The van der Waals surface area contributed by atoms with Crippen molar-refractivity contribution in [2.75, 3.05) is 27.2 Å². The molecule has 1 saturated heterocycles. The first-order valence-electron chi connectivity index (χ1n) is 9.24. The molecular formula is C20H35IN4. The molecule has 0 amide bonds. The number of guanidine groups is 1.